The number of carbonyl (C=O) groups is 1. The van der Waals surface area contributed by atoms with Crippen molar-refractivity contribution in [3.63, 3.8) is 0 Å². The fourth-order valence-corrected chi connectivity index (χ4v) is 7.70. The molecule has 0 saturated carbocycles. The van der Waals surface area contributed by atoms with Crippen molar-refractivity contribution < 1.29 is 159 Å². The number of hydrogen-bond acceptors (Lipinski definition) is 3. The average molecular weight is 1150 g/mol. The number of hydrogen-bond donors (Lipinski definition) is 1. The Labute approximate surface area is 435 Å². The molecule has 2 heterocycles. The molecule has 0 fully saturated rings. The molecule has 6 aromatic carbocycles. The van der Waals surface area contributed by atoms with Gasteiger partial charge in [-0.1, -0.05) is 137 Å². The third-order valence-electron chi connectivity index (χ3n) is 6.97. The summed E-state index contributed by atoms with van der Waals surface area (Å²) in [4.78, 5) is 14.6. The van der Waals surface area contributed by atoms with Crippen LogP contribution in [-0.2, 0) is 9.68 Å². The van der Waals surface area contributed by atoms with E-state index in [1.807, 2.05) is 0 Å². The van der Waals surface area contributed by atoms with Crippen LogP contribution in [0.3, 0.4) is 0 Å². The van der Waals surface area contributed by atoms with Gasteiger partial charge in [-0.3, -0.25) is 4.79 Å². The third-order valence-corrected chi connectivity index (χ3v) is 8.80. The first-order valence-electron chi connectivity index (χ1n) is 14.0. The number of fused-ring (bicyclic) bond motifs is 6. The predicted molar refractivity (Wildman–Crippen MR) is 202 cm³/mol. The van der Waals surface area contributed by atoms with Crippen LogP contribution in [0.1, 0.15) is 1.43 Å². The minimum absolute atomic E-state index is 0. The molecular formula is C37H25Br4Cs2FN2O3. The first-order valence-corrected chi connectivity index (χ1v) is 17.2. The fraction of sp³-hybridized carbons (Fsp3) is 0. The number of aromatic amines is 1. The summed E-state index contributed by atoms with van der Waals surface area (Å²) >= 11 is 13.5. The van der Waals surface area contributed by atoms with E-state index >= 15 is 0 Å². The smallest absolute Gasteiger partial charge is 1.00 e. The van der Waals surface area contributed by atoms with Crippen molar-refractivity contribution in [1.29, 1.82) is 0 Å². The van der Waals surface area contributed by atoms with Gasteiger partial charge in [0.15, 0.2) is 0 Å². The van der Waals surface area contributed by atoms with Gasteiger partial charge in [0.25, 0.3) is 6.47 Å². The number of halogens is 5. The van der Waals surface area contributed by atoms with Crippen LogP contribution in [0, 0.1) is 5.82 Å². The summed E-state index contributed by atoms with van der Waals surface area (Å²) in [6, 6.07) is 44.8. The summed E-state index contributed by atoms with van der Waals surface area (Å²) in [5.74, 6) is -0.240. The maximum Gasteiger partial charge on any atom is 1.00 e. The van der Waals surface area contributed by atoms with Crippen molar-refractivity contribution in [1.82, 2.24) is 9.55 Å². The topological polar surface area (TPSA) is 70.1 Å². The van der Waals surface area contributed by atoms with Crippen LogP contribution < -0.4 is 143 Å². The van der Waals surface area contributed by atoms with Gasteiger partial charge in [-0.25, -0.2) is 4.39 Å². The van der Waals surface area contributed by atoms with Gasteiger partial charge in [0.05, 0.1) is 11.0 Å². The Morgan fingerprint density at radius 3 is 1.33 bits per heavy atom. The fourth-order valence-electron chi connectivity index (χ4n) is 5.19. The molecule has 2 aromatic heterocycles. The largest absolute Gasteiger partial charge is 1.00 e. The number of carbonyl (C=O) groups excluding carboxylic acids is 1. The Balaban J connectivity index is 0.000000258. The van der Waals surface area contributed by atoms with Gasteiger partial charge < -0.3 is 21.1 Å². The van der Waals surface area contributed by atoms with E-state index in [0.717, 1.165) is 23.6 Å². The standard InChI is InChI=1S/C18H11Br2N.C12H9N.C6H3Br2F.CH2O3.2Cs.H/c19-12-9-13(20)11-14(10-12)21-17-7-3-1-5-15(17)16-6-2-4-8-18(16)21;1-3-7-11-9(5-1)10-6-2-4-8-12(10)13-11;7-4-1-5(8)3-6(9)2-4;2-1-4-3;;;/h1-11H;1-8,13H;1-3H;1,3H;;;/q;;;;2*+1;-1/p-1. The number of nitrogens with zero attached hydrogens (tertiary/aromatic N) is 1. The molecule has 12 heteroatoms. The van der Waals surface area contributed by atoms with Crippen molar-refractivity contribution in [2.45, 2.75) is 0 Å². The van der Waals surface area contributed by atoms with Crippen molar-refractivity contribution in [2.24, 2.45) is 0 Å². The van der Waals surface area contributed by atoms with Crippen molar-refractivity contribution in [3.8, 4) is 5.69 Å². The molecule has 5 nitrogen and oxygen atoms in total. The van der Waals surface area contributed by atoms with Crippen LogP contribution in [0.4, 0.5) is 4.39 Å². The van der Waals surface area contributed by atoms with Crippen LogP contribution >= 0.6 is 63.7 Å². The molecule has 8 rings (SSSR count). The molecule has 8 aromatic rings. The van der Waals surface area contributed by atoms with Crippen LogP contribution in [0.5, 0.6) is 0 Å². The molecule has 0 saturated heterocycles. The Bertz CT molecular complexity index is 2150. The Hall–Kier alpha value is 0.304. The van der Waals surface area contributed by atoms with Gasteiger partial charge in [-0.05, 0) is 60.7 Å². The number of H-pyrrole nitrogens is 1. The Kier molecular flexibility index (Phi) is 19.5. The molecule has 0 amide bonds. The Morgan fingerprint density at radius 2 is 0.939 bits per heavy atom. The molecule has 0 spiro atoms. The van der Waals surface area contributed by atoms with E-state index in [0.29, 0.717) is 0 Å². The maximum absolute atomic E-state index is 12.4. The molecule has 0 bridgehead atoms. The zero-order chi connectivity index (χ0) is 33.3. The minimum Gasteiger partial charge on any atom is -1.00 e. The van der Waals surface area contributed by atoms with E-state index in [9.17, 15) is 4.39 Å². The van der Waals surface area contributed by atoms with Crippen molar-refractivity contribution in [3.05, 3.63) is 157 Å². The van der Waals surface area contributed by atoms with Crippen LogP contribution in [-0.4, -0.2) is 16.0 Å². The maximum atomic E-state index is 12.4. The number of benzene rings is 6. The van der Waals surface area contributed by atoms with Crippen LogP contribution in [0.25, 0.3) is 49.3 Å². The van der Waals surface area contributed by atoms with Gasteiger partial charge in [-0.2, -0.15) is 0 Å². The van der Waals surface area contributed by atoms with Gasteiger partial charge in [0, 0.05) is 56.2 Å². The van der Waals surface area contributed by atoms with Crippen molar-refractivity contribution in [2.75, 3.05) is 0 Å². The average Bonchev–Trinajstić information content (AvgIpc) is 3.60. The van der Waals surface area contributed by atoms with Gasteiger partial charge in [0.1, 0.15) is 5.82 Å². The molecule has 0 radical (unpaired) electrons. The first kappa shape index (κ1) is 43.7. The van der Waals surface area contributed by atoms with E-state index in [1.165, 1.54) is 55.7 Å². The zero-order valence-electron chi connectivity index (χ0n) is 27.3. The monoisotopic (exact) mass is 1150 g/mol. The number of aromatic nitrogens is 2. The second kappa shape index (κ2) is 21.9. The van der Waals surface area contributed by atoms with Crippen molar-refractivity contribution >= 4 is 114 Å². The molecule has 238 valence electrons. The number of rotatable bonds is 2. The molecule has 0 aliphatic rings. The third kappa shape index (κ3) is 11.9. The summed E-state index contributed by atoms with van der Waals surface area (Å²) in [6.07, 6.45) is 0. The number of nitrogens with one attached hydrogen (secondary N) is 1. The zero-order valence-corrected chi connectivity index (χ0v) is 45.2. The summed E-state index contributed by atoms with van der Waals surface area (Å²) in [6.45, 7) is -0.181. The molecular weight excluding hydrogens is 1120 g/mol. The summed E-state index contributed by atoms with van der Waals surface area (Å²) < 4.78 is 18.3. The second-order valence-electron chi connectivity index (χ2n) is 9.99. The van der Waals surface area contributed by atoms with Crippen LogP contribution in [0.2, 0.25) is 0 Å². The van der Waals surface area contributed by atoms with E-state index in [2.05, 4.69) is 193 Å². The van der Waals surface area contributed by atoms with E-state index in [4.69, 9.17) is 10.1 Å². The molecule has 1 N–H and O–H groups in total. The van der Waals surface area contributed by atoms with E-state index in [-0.39, 0.29) is 152 Å². The SMILES string of the molecule is Brc1cc(Br)cc(-n2c3ccccc3c3ccccc32)c1.Fc1cc(Br)cc(Br)c1.O=CO[O-].[Cs+].[Cs+].[H-].c1ccc2c(c1)[nH]c1ccccc12. The Morgan fingerprint density at radius 1 is 0.592 bits per heavy atom. The molecule has 0 atom stereocenters. The molecule has 49 heavy (non-hydrogen) atoms. The van der Waals surface area contributed by atoms with Gasteiger partial charge >= 0.3 is 138 Å². The van der Waals surface area contributed by atoms with E-state index in [1.54, 1.807) is 6.07 Å². The van der Waals surface area contributed by atoms with Gasteiger partial charge in [0.2, 0.25) is 0 Å². The normalized spacial score (nSPS) is 10.0. The predicted octanol–water partition coefficient (Wildman–Crippen LogP) is 5.54. The second-order valence-corrected chi connectivity index (χ2v) is 13.7. The first-order chi connectivity index (χ1) is 22.8. The van der Waals surface area contributed by atoms with Crippen LogP contribution in [0.15, 0.2) is 151 Å². The molecule has 0 unspecified atom stereocenters. The molecule has 0 aliphatic heterocycles. The quantitative estimate of drug-likeness (QED) is 0.141. The summed E-state index contributed by atoms with van der Waals surface area (Å²) in [5.41, 5.74) is 6.02. The summed E-state index contributed by atoms with van der Waals surface area (Å²) in [5, 5.41) is 13.6. The summed E-state index contributed by atoms with van der Waals surface area (Å²) in [7, 11) is 0. The molecule has 0 aliphatic carbocycles. The van der Waals surface area contributed by atoms with Gasteiger partial charge in [-0.15, -0.1) is 0 Å². The number of para-hydroxylation sites is 4. The van der Waals surface area contributed by atoms with E-state index < -0.39 is 0 Å². The minimum atomic E-state index is -0.240.